The van der Waals surface area contributed by atoms with Crippen molar-refractivity contribution in [2.45, 2.75) is 77.7 Å². The lowest BCUT2D eigenvalue weighted by Crippen LogP contribution is -2.48. The molecular formula is C27H36N8O3. The number of likely N-dealkylation sites (tertiary alicyclic amines) is 1. The van der Waals surface area contributed by atoms with E-state index in [1.807, 2.05) is 54.6 Å². The number of carbonyl (C=O) groups excluding carboxylic acids is 1. The number of amides is 1. The molecule has 0 radical (unpaired) electrons. The van der Waals surface area contributed by atoms with Crippen LogP contribution in [0, 0.1) is 0 Å². The van der Waals surface area contributed by atoms with Crippen molar-refractivity contribution in [2.75, 3.05) is 13.1 Å². The third-order valence-electron chi connectivity index (χ3n) is 7.02. The van der Waals surface area contributed by atoms with E-state index < -0.39 is 17.8 Å². The van der Waals surface area contributed by atoms with Crippen molar-refractivity contribution in [3.63, 3.8) is 0 Å². The number of carbonyl (C=O) groups is 1. The fourth-order valence-corrected chi connectivity index (χ4v) is 4.97. The van der Waals surface area contributed by atoms with Crippen LogP contribution < -0.4 is 0 Å². The number of nitrogens with zero attached hydrogens (tertiary/aromatic N) is 8. The number of ether oxygens (including phenoxy) is 1. The highest BCUT2D eigenvalue weighted by Gasteiger charge is 2.34. The van der Waals surface area contributed by atoms with Crippen LogP contribution in [-0.2, 0) is 4.74 Å². The third-order valence-corrected chi connectivity index (χ3v) is 7.02. The van der Waals surface area contributed by atoms with Crippen LogP contribution in [0.4, 0.5) is 4.79 Å². The van der Waals surface area contributed by atoms with Crippen molar-refractivity contribution >= 4 is 11.6 Å². The number of fused-ring (bicyclic) bond motifs is 1. The fourth-order valence-electron chi connectivity index (χ4n) is 4.97. The van der Waals surface area contributed by atoms with Crippen LogP contribution in [0.1, 0.15) is 66.0 Å². The molecule has 0 aromatic carbocycles. The molecule has 202 valence electrons. The largest absolute Gasteiger partial charge is 0.444 e. The first kappa shape index (κ1) is 25.9. The highest BCUT2D eigenvalue weighted by atomic mass is 16.6. The zero-order valence-electron chi connectivity index (χ0n) is 22.7. The molecule has 11 nitrogen and oxygen atoms in total. The van der Waals surface area contributed by atoms with Gasteiger partial charge in [-0.2, -0.15) is 15.3 Å². The molecule has 5 heterocycles. The van der Waals surface area contributed by atoms with Gasteiger partial charge in [-0.3, -0.25) is 9.36 Å². The van der Waals surface area contributed by atoms with Crippen LogP contribution in [0.25, 0.3) is 28.0 Å². The zero-order chi connectivity index (χ0) is 27.0. The summed E-state index contributed by atoms with van der Waals surface area (Å²) in [5, 5.41) is 24.5. The number of aliphatic hydroxyl groups excluding tert-OH is 1. The molecule has 0 saturated carbocycles. The molecule has 0 aliphatic carbocycles. The number of hydrogen-bond acceptors (Lipinski definition) is 7. The Balaban J connectivity index is 1.39. The minimum absolute atomic E-state index is 0.191. The second kappa shape index (κ2) is 10.2. The van der Waals surface area contributed by atoms with Gasteiger partial charge < -0.3 is 14.7 Å². The molecule has 1 aliphatic rings. The summed E-state index contributed by atoms with van der Waals surface area (Å²) in [4.78, 5) is 19.0. The molecular weight excluding hydrogens is 484 g/mol. The number of β-amino-alcohol motifs (C(OH)–C–C–N with tert-alkyl or cyclic N) is 1. The Bertz CT molecular complexity index is 1410. The maximum absolute atomic E-state index is 12.4. The molecule has 5 rings (SSSR count). The fraction of sp³-hybridized carbons (Fsp3) is 0.519. The summed E-state index contributed by atoms with van der Waals surface area (Å²) in [7, 11) is 0. The van der Waals surface area contributed by atoms with Crippen molar-refractivity contribution in [3.8, 4) is 22.5 Å². The minimum atomic E-state index is -0.767. The normalized spacial score (nSPS) is 18.4. The van der Waals surface area contributed by atoms with E-state index in [1.165, 1.54) is 0 Å². The van der Waals surface area contributed by atoms with Gasteiger partial charge in [0.15, 0.2) is 0 Å². The van der Waals surface area contributed by atoms with E-state index in [2.05, 4.69) is 35.3 Å². The Kier molecular flexibility index (Phi) is 6.95. The van der Waals surface area contributed by atoms with E-state index in [1.54, 1.807) is 22.0 Å². The predicted molar refractivity (Wildman–Crippen MR) is 143 cm³/mol. The van der Waals surface area contributed by atoms with Crippen LogP contribution in [0.2, 0.25) is 0 Å². The van der Waals surface area contributed by atoms with Gasteiger partial charge in [0, 0.05) is 30.1 Å². The van der Waals surface area contributed by atoms with Gasteiger partial charge in [0.2, 0.25) is 0 Å². The van der Waals surface area contributed by atoms with Gasteiger partial charge >= 0.3 is 6.09 Å². The lowest BCUT2D eigenvalue weighted by atomic mass is 10.0. The summed E-state index contributed by atoms with van der Waals surface area (Å²) in [6, 6.07) is 2.03. The quantitative estimate of drug-likeness (QED) is 0.402. The van der Waals surface area contributed by atoms with Crippen molar-refractivity contribution in [3.05, 3.63) is 43.2 Å². The molecule has 11 heteroatoms. The molecule has 1 aliphatic heterocycles. The number of hydrogen-bond donors (Lipinski definition) is 1. The van der Waals surface area contributed by atoms with Crippen molar-refractivity contribution in [2.24, 2.45) is 0 Å². The van der Waals surface area contributed by atoms with Crippen LogP contribution in [0.15, 0.2) is 43.2 Å². The van der Waals surface area contributed by atoms with Gasteiger partial charge in [0.1, 0.15) is 5.60 Å². The number of rotatable bonds is 6. The van der Waals surface area contributed by atoms with Gasteiger partial charge in [-0.05, 0) is 46.1 Å². The van der Waals surface area contributed by atoms with Crippen LogP contribution >= 0.6 is 0 Å². The van der Waals surface area contributed by atoms with Crippen molar-refractivity contribution in [1.82, 2.24) is 39.1 Å². The van der Waals surface area contributed by atoms with Crippen LogP contribution in [-0.4, -0.2) is 75.1 Å². The van der Waals surface area contributed by atoms with E-state index in [0.717, 1.165) is 40.9 Å². The molecule has 4 aromatic rings. The van der Waals surface area contributed by atoms with E-state index in [0.29, 0.717) is 19.0 Å². The monoisotopic (exact) mass is 520 g/mol. The van der Waals surface area contributed by atoms with E-state index in [-0.39, 0.29) is 12.6 Å². The molecule has 2 unspecified atom stereocenters. The average Bonchev–Trinajstić information content (AvgIpc) is 3.64. The van der Waals surface area contributed by atoms with Gasteiger partial charge in [-0.25, -0.2) is 14.3 Å². The van der Waals surface area contributed by atoms with Crippen molar-refractivity contribution < 1.29 is 14.6 Å². The molecule has 38 heavy (non-hydrogen) atoms. The van der Waals surface area contributed by atoms with Crippen LogP contribution in [0.3, 0.4) is 0 Å². The highest BCUT2D eigenvalue weighted by molar-refractivity contribution is 5.78. The second-order valence-corrected chi connectivity index (χ2v) is 10.9. The SMILES string of the molecule is CCC(CC)n1cc(-c2nc(-c3cnn(C4CCN(C(=O)OC(C)(C)C)CC4O)c3)cn3nccc23)cn1. The molecule has 0 spiro atoms. The lowest BCUT2D eigenvalue weighted by Gasteiger charge is -2.36. The molecule has 1 saturated heterocycles. The summed E-state index contributed by atoms with van der Waals surface area (Å²) in [5.41, 5.74) is 3.59. The number of piperidine rings is 1. The summed E-state index contributed by atoms with van der Waals surface area (Å²) < 4.78 is 11.1. The molecule has 2 atom stereocenters. The Morgan fingerprint density at radius 2 is 1.87 bits per heavy atom. The summed E-state index contributed by atoms with van der Waals surface area (Å²) in [6.07, 6.45) is 12.6. The summed E-state index contributed by atoms with van der Waals surface area (Å²) in [5.74, 6) is 0. The van der Waals surface area contributed by atoms with Crippen LogP contribution in [0.5, 0.6) is 0 Å². The molecule has 1 N–H and O–H groups in total. The van der Waals surface area contributed by atoms with Gasteiger partial charge in [0.05, 0.1) is 66.4 Å². The Morgan fingerprint density at radius 3 is 2.58 bits per heavy atom. The Morgan fingerprint density at radius 1 is 1.11 bits per heavy atom. The van der Waals surface area contributed by atoms with Gasteiger partial charge in [-0.1, -0.05) is 13.8 Å². The van der Waals surface area contributed by atoms with Gasteiger partial charge in [0.25, 0.3) is 0 Å². The van der Waals surface area contributed by atoms with E-state index in [9.17, 15) is 9.90 Å². The van der Waals surface area contributed by atoms with E-state index in [4.69, 9.17) is 9.72 Å². The highest BCUT2D eigenvalue weighted by Crippen LogP contribution is 2.30. The maximum Gasteiger partial charge on any atom is 0.410 e. The molecule has 4 aromatic heterocycles. The first-order chi connectivity index (χ1) is 18.2. The smallest absolute Gasteiger partial charge is 0.410 e. The Labute approximate surface area is 222 Å². The standard InChI is InChI=1S/C27H36N8O3/c1-6-20(7-2)33-15-19(13-29-33)25-23-8-10-28-35(23)16-21(31-25)18-12-30-34(14-18)22-9-11-32(17-24(22)36)26(37)38-27(3,4)5/h8,10,12-16,20,22,24,36H,6-7,9,11,17H2,1-5H3. The third kappa shape index (κ3) is 5.15. The number of aliphatic hydroxyl groups is 1. The summed E-state index contributed by atoms with van der Waals surface area (Å²) >= 11 is 0. The maximum atomic E-state index is 12.4. The number of aromatic nitrogens is 7. The molecule has 0 bridgehead atoms. The first-order valence-corrected chi connectivity index (χ1v) is 13.3. The second-order valence-electron chi connectivity index (χ2n) is 10.9. The topological polar surface area (TPSA) is 116 Å². The zero-order valence-corrected chi connectivity index (χ0v) is 22.7. The minimum Gasteiger partial charge on any atom is -0.444 e. The summed E-state index contributed by atoms with van der Waals surface area (Å²) in [6.45, 7) is 10.5. The van der Waals surface area contributed by atoms with Gasteiger partial charge in [-0.15, -0.1) is 0 Å². The molecule has 1 amide bonds. The Hall–Kier alpha value is -3.73. The van der Waals surface area contributed by atoms with Crippen molar-refractivity contribution in [1.29, 1.82) is 0 Å². The average molecular weight is 521 g/mol. The lowest BCUT2D eigenvalue weighted by molar-refractivity contribution is -0.0118. The van der Waals surface area contributed by atoms with E-state index >= 15 is 0 Å². The first-order valence-electron chi connectivity index (χ1n) is 13.3. The predicted octanol–water partition coefficient (Wildman–Crippen LogP) is 4.36. The molecule has 1 fully saturated rings.